The number of nitrogens with zero attached hydrogens (tertiary/aromatic N) is 2. The molecule has 1 aliphatic heterocycles. The fourth-order valence-electron chi connectivity index (χ4n) is 4.22. The molecule has 1 aliphatic rings. The van der Waals surface area contributed by atoms with Crippen molar-refractivity contribution in [2.75, 3.05) is 19.7 Å². The van der Waals surface area contributed by atoms with Gasteiger partial charge < -0.3 is 20.9 Å². The van der Waals surface area contributed by atoms with Crippen LogP contribution in [-0.4, -0.2) is 40.7 Å². The number of hydrogen-bond donors (Lipinski definition) is 3. The molecule has 3 rings (SSSR count). The highest BCUT2D eigenvalue weighted by molar-refractivity contribution is 5.71. The molecule has 0 saturated carbocycles. The number of fused-ring (bicyclic) bond motifs is 1. The molecule has 0 amide bonds. The summed E-state index contributed by atoms with van der Waals surface area (Å²) >= 11 is 0. The minimum atomic E-state index is -0.788. The second-order valence-corrected chi connectivity index (χ2v) is 8.74. The zero-order chi connectivity index (χ0) is 23.8. The minimum Gasteiger partial charge on any atom is -0.490 e. The Morgan fingerprint density at radius 3 is 2.97 bits per heavy atom. The average Bonchev–Trinajstić information content (AvgIpc) is 3.01. The maximum absolute atomic E-state index is 11.9. The van der Waals surface area contributed by atoms with Crippen LogP contribution in [0.4, 0.5) is 0 Å². The van der Waals surface area contributed by atoms with Crippen LogP contribution >= 0.6 is 0 Å². The molecule has 0 bridgehead atoms. The number of pyridine rings is 1. The number of aromatic nitrogens is 1. The molecule has 0 fully saturated rings. The molecule has 2 aromatic rings. The molecule has 4 N–H and O–H groups in total. The number of carboxylic acid groups (broad SMARTS) is 1. The first kappa shape index (κ1) is 24.6. The molecule has 178 valence electrons. The van der Waals surface area contributed by atoms with Crippen LogP contribution in [0.15, 0.2) is 48.4 Å². The van der Waals surface area contributed by atoms with Crippen molar-refractivity contribution >= 4 is 5.97 Å². The molecule has 33 heavy (non-hydrogen) atoms. The first-order chi connectivity index (χ1) is 15.9. The van der Waals surface area contributed by atoms with Gasteiger partial charge in [-0.1, -0.05) is 25.1 Å². The number of benzene rings is 1. The molecule has 7 heteroatoms. The van der Waals surface area contributed by atoms with Crippen LogP contribution in [0.25, 0.3) is 0 Å². The molecular weight excluding hydrogens is 416 g/mol. The van der Waals surface area contributed by atoms with Gasteiger partial charge in [-0.05, 0) is 61.4 Å². The van der Waals surface area contributed by atoms with Crippen LogP contribution in [-0.2, 0) is 17.9 Å². The summed E-state index contributed by atoms with van der Waals surface area (Å²) in [4.78, 5) is 18.7. The summed E-state index contributed by atoms with van der Waals surface area (Å²) in [5, 5.41) is 12.9. The lowest BCUT2D eigenvalue weighted by Gasteiger charge is -2.25. The number of nitrogens with two attached hydrogens (primary N) is 1. The van der Waals surface area contributed by atoms with Gasteiger partial charge in [-0.25, -0.2) is 0 Å². The molecule has 2 atom stereocenters. The molecular formula is C26H36N4O3. The number of nitrogens with one attached hydrogen (secondary N) is 1. The standard InChI is InChI=1S/C26H36N4O3/c1-4-28-15-22(27)9-10-23(19(3)26(31)32)20-8-7-18(2)21(14-20)16-30-12-13-33-25-6-5-11-29-24(25)17-30/h5-8,11,14-15,19,23,28H,4,9-10,12-13,16-17,27H2,1-3H3,(H,31,32)/b22-15-. The first-order valence-corrected chi connectivity index (χ1v) is 11.7. The van der Waals surface area contributed by atoms with Crippen LogP contribution in [0.1, 0.15) is 55.0 Å². The Balaban J connectivity index is 1.80. The van der Waals surface area contributed by atoms with Gasteiger partial charge in [0.15, 0.2) is 0 Å². The number of hydrogen-bond acceptors (Lipinski definition) is 6. The van der Waals surface area contributed by atoms with E-state index in [0.717, 1.165) is 48.9 Å². The van der Waals surface area contributed by atoms with Crippen LogP contribution < -0.4 is 15.8 Å². The zero-order valence-electron chi connectivity index (χ0n) is 19.9. The molecule has 0 aliphatic carbocycles. The third-order valence-electron chi connectivity index (χ3n) is 6.31. The van der Waals surface area contributed by atoms with Crippen molar-refractivity contribution in [1.82, 2.24) is 15.2 Å². The van der Waals surface area contributed by atoms with Crippen molar-refractivity contribution in [1.29, 1.82) is 0 Å². The maximum Gasteiger partial charge on any atom is 0.306 e. The smallest absolute Gasteiger partial charge is 0.306 e. The van der Waals surface area contributed by atoms with E-state index in [1.165, 1.54) is 11.1 Å². The second-order valence-electron chi connectivity index (χ2n) is 8.74. The van der Waals surface area contributed by atoms with Crippen LogP contribution in [0.2, 0.25) is 0 Å². The SMILES string of the molecule is CCN/C=C(\N)CCC(c1ccc(C)c(CN2CCOc3cccnc3C2)c1)C(C)C(=O)O. The van der Waals surface area contributed by atoms with Gasteiger partial charge in [0, 0.05) is 44.3 Å². The predicted molar refractivity (Wildman–Crippen MR) is 130 cm³/mol. The highest BCUT2D eigenvalue weighted by atomic mass is 16.5. The highest BCUT2D eigenvalue weighted by Crippen LogP contribution is 2.32. The summed E-state index contributed by atoms with van der Waals surface area (Å²) in [7, 11) is 0. The van der Waals surface area contributed by atoms with Crippen molar-refractivity contribution in [2.24, 2.45) is 11.7 Å². The van der Waals surface area contributed by atoms with Crippen molar-refractivity contribution in [2.45, 2.75) is 52.6 Å². The molecule has 1 aromatic carbocycles. The van der Waals surface area contributed by atoms with Crippen LogP contribution in [0.5, 0.6) is 5.75 Å². The summed E-state index contributed by atoms with van der Waals surface area (Å²) in [6, 6.07) is 10.2. The molecule has 2 heterocycles. The molecule has 0 spiro atoms. The quantitative estimate of drug-likeness (QED) is 0.504. The summed E-state index contributed by atoms with van der Waals surface area (Å²) in [6.45, 7) is 9.61. The van der Waals surface area contributed by atoms with E-state index in [4.69, 9.17) is 10.5 Å². The van der Waals surface area contributed by atoms with E-state index in [9.17, 15) is 9.90 Å². The van der Waals surface area contributed by atoms with Gasteiger partial charge >= 0.3 is 5.97 Å². The van der Waals surface area contributed by atoms with Crippen LogP contribution in [0.3, 0.4) is 0 Å². The van der Waals surface area contributed by atoms with Gasteiger partial charge in [-0.2, -0.15) is 0 Å². The van der Waals surface area contributed by atoms with E-state index in [2.05, 4.69) is 40.3 Å². The fraction of sp³-hybridized carbons (Fsp3) is 0.462. The van der Waals surface area contributed by atoms with Gasteiger partial charge in [0.25, 0.3) is 0 Å². The number of rotatable bonds is 10. The molecule has 7 nitrogen and oxygen atoms in total. The third kappa shape index (κ3) is 6.71. The lowest BCUT2D eigenvalue weighted by molar-refractivity contribution is -0.142. The molecule has 1 aromatic heterocycles. The molecule has 0 saturated heterocycles. The number of allylic oxidation sites excluding steroid dienone is 1. The summed E-state index contributed by atoms with van der Waals surface area (Å²) < 4.78 is 5.86. The van der Waals surface area contributed by atoms with Crippen molar-refractivity contribution < 1.29 is 14.6 Å². The second kappa shape index (κ2) is 11.7. The summed E-state index contributed by atoms with van der Waals surface area (Å²) in [6.07, 6.45) is 4.94. The average molecular weight is 453 g/mol. The van der Waals surface area contributed by atoms with E-state index >= 15 is 0 Å². The Kier molecular flexibility index (Phi) is 8.72. The van der Waals surface area contributed by atoms with Crippen molar-refractivity contribution in [3.8, 4) is 5.75 Å². The Labute approximate surface area is 196 Å². The lowest BCUT2D eigenvalue weighted by Crippen LogP contribution is -2.26. The Morgan fingerprint density at radius 2 is 2.21 bits per heavy atom. The Bertz CT molecular complexity index is 976. The van der Waals surface area contributed by atoms with Gasteiger partial charge in [-0.3, -0.25) is 14.7 Å². The van der Waals surface area contributed by atoms with Crippen molar-refractivity contribution in [3.05, 3.63) is 70.8 Å². The fourth-order valence-corrected chi connectivity index (χ4v) is 4.22. The molecule has 2 unspecified atom stereocenters. The Hall–Kier alpha value is -3.06. The minimum absolute atomic E-state index is 0.120. The number of aryl methyl sites for hydroxylation is 1. The monoisotopic (exact) mass is 452 g/mol. The topological polar surface area (TPSA) is 101 Å². The van der Waals surface area contributed by atoms with E-state index in [-0.39, 0.29) is 5.92 Å². The predicted octanol–water partition coefficient (Wildman–Crippen LogP) is 3.78. The number of aliphatic carboxylic acids is 1. The van der Waals surface area contributed by atoms with Gasteiger partial charge in [0.1, 0.15) is 12.4 Å². The van der Waals surface area contributed by atoms with E-state index in [1.807, 2.05) is 25.3 Å². The third-order valence-corrected chi connectivity index (χ3v) is 6.31. The van der Waals surface area contributed by atoms with E-state index in [0.29, 0.717) is 19.4 Å². The summed E-state index contributed by atoms with van der Waals surface area (Å²) in [5.41, 5.74) is 11.2. The first-order valence-electron chi connectivity index (χ1n) is 11.7. The zero-order valence-corrected chi connectivity index (χ0v) is 19.9. The number of ether oxygens (including phenoxy) is 1. The largest absolute Gasteiger partial charge is 0.490 e. The maximum atomic E-state index is 11.9. The Morgan fingerprint density at radius 1 is 1.39 bits per heavy atom. The van der Waals surface area contributed by atoms with Gasteiger partial charge in [0.05, 0.1) is 11.6 Å². The van der Waals surface area contributed by atoms with Crippen LogP contribution in [0, 0.1) is 12.8 Å². The lowest BCUT2D eigenvalue weighted by atomic mass is 9.82. The summed E-state index contributed by atoms with van der Waals surface area (Å²) in [5.74, 6) is -0.562. The van der Waals surface area contributed by atoms with E-state index < -0.39 is 11.9 Å². The normalized spacial score (nSPS) is 16.3. The van der Waals surface area contributed by atoms with Gasteiger partial charge in [-0.15, -0.1) is 0 Å². The van der Waals surface area contributed by atoms with Crippen molar-refractivity contribution in [3.63, 3.8) is 0 Å². The number of carboxylic acids is 1. The van der Waals surface area contributed by atoms with Gasteiger partial charge in [0.2, 0.25) is 0 Å². The highest BCUT2D eigenvalue weighted by Gasteiger charge is 2.26. The molecule has 0 radical (unpaired) electrons. The number of carbonyl (C=O) groups is 1. The van der Waals surface area contributed by atoms with E-state index in [1.54, 1.807) is 13.1 Å².